The fourth-order valence-corrected chi connectivity index (χ4v) is 3.67. The quantitative estimate of drug-likeness (QED) is 0.856. The second-order valence-electron chi connectivity index (χ2n) is 6.37. The van der Waals surface area contributed by atoms with Crippen LogP contribution in [0.3, 0.4) is 0 Å². The van der Waals surface area contributed by atoms with Crippen molar-refractivity contribution in [3.63, 3.8) is 0 Å². The molecule has 0 atom stereocenters. The van der Waals surface area contributed by atoms with Crippen LogP contribution in [-0.4, -0.2) is 14.6 Å². The van der Waals surface area contributed by atoms with E-state index >= 15 is 0 Å². The van der Waals surface area contributed by atoms with Crippen LogP contribution >= 0.6 is 0 Å². The Balaban J connectivity index is 2.14. The molecule has 4 nitrogen and oxygen atoms in total. The van der Waals surface area contributed by atoms with E-state index in [0.29, 0.717) is 11.5 Å². The van der Waals surface area contributed by atoms with Crippen LogP contribution in [0.25, 0.3) is 5.65 Å². The number of aromatic nitrogens is 3. The first kappa shape index (κ1) is 13.1. The molecule has 1 aliphatic carbocycles. The Hall–Kier alpha value is -1.89. The molecule has 0 N–H and O–H groups in total. The average molecular weight is 268 g/mol. The van der Waals surface area contributed by atoms with E-state index < -0.39 is 0 Å². The molecule has 0 bridgehead atoms. The molecule has 2 heterocycles. The number of hydrogen-bond acceptors (Lipinski definition) is 3. The molecule has 0 amide bonds. The molecular weight excluding hydrogens is 248 g/mol. The molecule has 0 aliphatic heterocycles. The monoisotopic (exact) mass is 268 g/mol. The van der Waals surface area contributed by atoms with Crippen molar-refractivity contribution in [1.29, 1.82) is 5.26 Å². The molecule has 104 valence electrons. The van der Waals surface area contributed by atoms with E-state index in [0.717, 1.165) is 17.9 Å². The first-order valence-corrected chi connectivity index (χ1v) is 7.40. The summed E-state index contributed by atoms with van der Waals surface area (Å²) in [5.41, 5.74) is 1.65. The zero-order valence-electron chi connectivity index (χ0n) is 12.1. The third-order valence-electron chi connectivity index (χ3n) is 4.37. The number of fused-ring (bicyclic) bond motifs is 1. The van der Waals surface area contributed by atoms with Crippen molar-refractivity contribution >= 4 is 5.65 Å². The summed E-state index contributed by atoms with van der Waals surface area (Å²) in [6.45, 7) is 4.54. The first-order chi connectivity index (χ1) is 9.64. The van der Waals surface area contributed by atoms with Gasteiger partial charge in [0.2, 0.25) is 0 Å². The van der Waals surface area contributed by atoms with Gasteiger partial charge in [-0.25, -0.2) is 0 Å². The fraction of sp³-hybridized carbons (Fsp3) is 0.562. The third kappa shape index (κ3) is 2.07. The van der Waals surface area contributed by atoms with Gasteiger partial charge in [-0.3, -0.25) is 4.40 Å². The SMILES string of the molecule is CC(C)CC1(c2nnc3ccc(C#N)cn23)CCCC1. The predicted molar refractivity (Wildman–Crippen MR) is 77.3 cm³/mol. The van der Waals surface area contributed by atoms with Gasteiger partial charge in [0.15, 0.2) is 5.65 Å². The molecule has 0 radical (unpaired) electrons. The van der Waals surface area contributed by atoms with E-state index in [1.165, 1.54) is 25.7 Å². The Morgan fingerprint density at radius 1 is 1.30 bits per heavy atom. The van der Waals surface area contributed by atoms with Crippen LogP contribution in [0.1, 0.15) is 57.3 Å². The molecule has 2 aromatic rings. The standard InChI is InChI=1S/C16H20N4/c1-12(2)9-16(7-3-4-8-16)15-19-18-14-6-5-13(10-17)11-20(14)15/h5-6,11-12H,3-4,7-9H2,1-2H3. The maximum absolute atomic E-state index is 9.10. The Kier molecular flexibility index (Phi) is 3.21. The molecule has 20 heavy (non-hydrogen) atoms. The lowest BCUT2D eigenvalue weighted by molar-refractivity contribution is 0.326. The summed E-state index contributed by atoms with van der Waals surface area (Å²) in [5.74, 6) is 1.69. The Morgan fingerprint density at radius 2 is 2.05 bits per heavy atom. The highest BCUT2D eigenvalue weighted by Gasteiger charge is 2.40. The average Bonchev–Trinajstić information content (AvgIpc) is 3.04. The number of rotatable bonds is 3. The minimum atomic E-state index is 0.141. The second-order valence-corrected chi connectivity index (χ2v) is 6.37. The summed E-state index contributed by atoms with van der Waals surface area (Å²) in [6.07, 6.45) is 7.92. The van der Waals surface area contributed by atoms with Gasteiger partial charge in [-0.15, -0.1) is 10.2 Å². The van der Waals surface area contributed by atoms with E-state index in [1.54, 1.807) is 6.07 Å². The highest BCUT2D eigenvalue weighted by molar-refractivity contribution is 5.43. The van der Waals surface area contributed by atoms with Crippen molar-refractivity contribution in [2.45, 2.75) is 51.4 Å². The summed E-state index contributed by atoms with van der Waals surface area (Å²) in [4.78, 5) is 0. The van der Waals surface area contributed by atoms with Gasteiger partial charge in [0, 0.05) is 11.6 Å². The van der Waals surface area contributed by atoms with Gasteiger partial charge in [-0.2, -0.15) is 5.26 Å². The van der Waals surface area contributed by atoms with Crippen LogP contribution in [0.15, 0.2) is 18.3 Å². The van der Waals surface area contributed by atoms with Crippen molar-refractivity contribution < 1.29 is 0 Å². The molecule has 4 heteroatoms. The molecule has 0 unspecified atom stereocenters. The minimum Gasteiger partial charge on any atom is -0.285 e. The van der Waals surface area contributed by atoms with Crippen LogP contribution in [-0.2, 0) is 5.41 Å². The van der Waals surface area contributed by atoms with E-state index in [1.807, 2.05) is 16.7 Å². The number of nitriles is 1. The lowest BCUT2D eigenvalue weighted by Gasteiger charge is -2.29. The first-order valence-electron chi connectivity index (χ1n) is 7.40. The summed E-state index contributed by atoms with van der Waals surface area (Å²) >= 11 is 0. The van der Waals surface area contributed by atoms with Gasteiger partial charge in [0.1, 0.15) is 11.9 Å². The van der Waals surface area contributed by atoms with Crippen molar-refractivity contribution in [2.75, 3.05) is 0 Å². The topological polar surface area (TPSA) is 54.0 Å². The Labute approximate surface area is 119 Å². The number of hydrogen-bond donors (Lipinski definition) is 0. The van der Waals surface area contributed by atoms with E-state index in [-0.39, 0.29) is 5.41 Å². The van der Waals surface area contributed by atoms with Crippen LogP contribution < -0.4 is 0 Å². The molecule has 0 aromatic carbocycles. The Morgan fingerprint density at radius 3 is 2.70 bits per heavy atom. The highest BCUT2D eigenvalue weighted by Crippen LogP contribution is 2.44. The summed E-state index contributed by atoms with van der Waals surface area (Å²) in [6, 6.07) is 5.89. The zero-order valence-corrected chi connectivity index (χ0v) is 12.1. The van der Waals surface area contributed by atoms with E-state index in [9.17, 15) is 0 Å². The zero-order chi connectivity index (χ0) is 14.2. The van der Waals surface area contributed by atoms with Crippen molar-refractivity contribution in [3.8, 4) is 6.07 Å². The number of nitrogens with zero attached hydrogens (tertiary/aromatic N) is 4. The van der Waals surface area contributed by atoms with Gasteiger partial charge >= 0.3 is 0 Å². The summed E-state index contributed by atoms with van der Waals surface area (Å²) < 4.78 is 2.03. The molecule has 1 saturated carbocycles. The maximum Gasteiger partial charge on any atom is 0.160 e. The van der Waals surface area contributed by atoms with E-state index in [4.69, 9.17) is 5.26 Å². The van der Waals surface area contributed by atoms with Gasteiger partial charge in [-0.1, -0.05) is 26.7 Å². The largest absolute Gasteiger partial charge is 0.285 e. The lowest BCUT2D eigenvalue weighted by atomic mass is 9.78. The smallest absolute Gasteiger partial charge is 0.160 e. The van der Waals surface area contributed by atoms with E-state index in [2.05, 4.69) is 30.1 Å². The van der Waals surface area contributed by atoms with Crippen LogP contribution in [0, 0.1) is 17.2 Å². The molecule has 0 spiro atoms. The van der Waals surface area contributed by atoms with Crippen molar-refractivity contribution in [3.05, 3.63) is 29.7 Å². The second kappa shape index (κ2) is 4.90. The normalized spacial score (nSPS) is 17.7. The minimum absolute atomic E-state index is 0.141. The molecule has 0 saturated heterocycles. The molecular formula is C16H20N4. The third-order valence-corrected chi connectivity index (χ3v) is 4.37. The van der Waals surface area contributed by atoms with Gasteiger partial charge in [0.05, 0.1) is 5.56 Å². The van der Waals surface area contributed by atoms with Crippen molar-refractivity contribution in [2.24, 2.45) is 5.92 Å². The van der Waals surface area contributed by atoms with Crippen LogP contribution in [0.5, 0.6) is 0 Å². The van der Waals surface area contributed by atoms with Gasteiger partial charge in [0.25, 0.3) is 0 Å². The van der Waals surface area contributed by atoms with Crippen LogP contribution in [0.2, 0.25) is 0 Å². The lowest BCUT2D eigenvalue weighted by Crippen LogP contribution is -2.27. The molecule has 1 aliphatic rings. The predicted octanol–water partition coefficient (Wildman–Crippen LogP) is 3.46. The fourth-order valence-electron chi connectivity index (χ4n) is 3.67. The van der Waals surface area contributed by atoms with Gasteiger partial charge in [-0.05, 0) is 37.3 Å². The molecule has 3 rings (SSSR count). The summed E-state index contributed by atoms with van der Waals surface area (Å²) in [7, 11) is 0. The highest BCUT2D eigenvalue weighted by atomic mass is 15.3. The molecule has 2 aromatic heterocycles. The van der Waals surface area contributed by atoms with Gasteiger partial charge < -0.3 is 0 Å². The molecule has 1 fully saturated rings. The van der Waals surface area contributed by atoms with Crippen LogP contribution in [0.4, 0.5) is 0 Å². The maximum atomic E-state index is 9.10. The summed E-state index contributed by atoms with van der Waals surface area (Å²) in [5, 5.41) is 17.9. The van der Waals surface area contributed by atoms with Crippen molar-refractivity contribution in [1.82, 2.24) is 14.6 Å². The number of pyridine rings is 1. The Bertz CT molecular complexity index is 657.